The smallest absolute Gasteiger partial charge is 0.139 e. The lowest BCUT2D eigenvalue weighted by molar-refractivity contribution is 0.283. The average molecular weight is 410 g/mol. The van der Waals surface area contributed by atoms with Gasteiger partial charge < -0.3 is 0 Å². The van der Waals surface area contributed by atoms with Crippen LogP contribution in [-0.4, -0.2) is 39.8 Å². The van der Waals surface area contributed by atoms with E-state index >= 15 is 0 Å². The maximum absolute atomic E-state index is 2.42. The van der Waals surface area contributed by atoms with Gasteiger partial charge in [0.15, 0.2) is 0 Å². The standard InChI is InChI=1S/C26H51B3N/c1-8-27(9-2)22-18-23-30(14-7,25-19-16-15-17-20-25)24-21-26(28(10-3)11-4)29(12-5)13-6/h15-17,19-20,26H,8-14,18,21-24H2,1-7H3/q+1. The fourth-order valence-electron chi connectivity index (χ4n) is 6.03. The Balaban J connectivity index is 3.08. The van der Waals surface area contributed by atoms with E-state index in [0.717, 1.165) is 25.9 Å². The number of nitrogens with zero attached hydrogens (tertiary/aromatic N) is 1. The van der Waals surface area contributed by atoms with Crippen LogP contribution in [0.15, 0.2) is 30.3 Å². The van der Waals surface area contributed by atoms with Crippen molar-refractivity contribution in [1.29, 1.82) is 0 Å². The van der Waals surface area contributed by atoms with Gasteiger partial charge >= 0.3 is 0 Å². The van der Waals surface area contributed by atoms with Crippen molar-refractivity contribution in [2.45, 2.75) is 111 Å². The molecule has 0 aliphatic rings. The molecule has 0 radical (unpaired) electrons. The highest BCUT2D eigenvalue weighted by atomic mass is 15.3. The third kappa shape index (κ3) is 7.81. The summed E-state index contributed by atoms with van der Waals surface area (Å²) in [6, 6.07) is 11.5. The summed E-state index contributed by atoms with van der Waals surface area (Å²) in [5.74, 6) is 0. The van der Waals surface area contributed by atoms with E-state index in [9.17, 15) is 0 Å². The molecule has 30 heavy (non-hydrogen) atoms. The van der Waals surface area contributed by atoms with Crippen molar-refractivity contribution in [2.24, 2.45) is 0 Å². The molecule has 0 aromatic heterocycles. The average Bonchev–Trinajstić information content (AvgIpc) is 2.80. The maximum atomic E-state index is 2.42. The summed E-state index contributed by atoms with van der Waals surface area (Å²) in [4.78, 5) is 0. The Bertz CT molecular complexity index is 514. The van der Waals surface area contributed by atoms with Crippen LogP contribution >= 0.6 is 0 Å². The van der Waals surface area contributed by atoms with Gasteiger partial charge in [-0.25, -0.2) is 0 Å². The molecule has 0 amide bonds. The van der Waals surface area contributed by atoms with Crippen LogP contribution in [0.5, 0.6) is 0 Å². The minimum Gasteiger partial charge on any atom is -0.291 e. The van der Waals surface area contributed by atoms with Crippen LogP contribution in [0.25, 0.3) is 0 Å². The molecule has 0 aliphatic carbocycles. The minimum atomic E-state index is 0.877. The maximum Gasteiger partial charge on any atom is 0.139 e. The molecule has 168 valence electrons. The lowest BCUT2D eigenvalue weighted by Crippen LogP contribution is -2.52. The third-order valence-electron chi connectivity index (χ3n) is 8.46. The second-order valence-corrected chi connectivity index (χ2v) is 9.67. The van der Waals surface area contributed by atoms with Crippen LogP contribution in [0.3, 0.4) is 0 Å². The van der Waals surface area contributed by atoms with Crippen molar-refractivity contribution in [3.05, 3.63) is 30.3 Å². The summed E-state index contributed by atoms with van der Waals surface area (Å²) in [5.41, 5.74) is 2.42. The van der Waals surface area contributed by atoms with E-state index in [0.29, 0.717) is 0 Å². The first kappa shape index (κ1) is 27.4. The minimum absolute atomic E-state index is 0.877. The van der Waals surface area contributed by atoms with E-state index in [1.54, 1.807) is 0 Å². The Morgan fingerprint density at radius 1 is 0.700 bits per heavy atom. The Kier molecular flexibility index (Phi) is 13.9. The molecule has 1 atom stereocenters. The molecule has 0 saturated carbocycles. The summed E-state index contributed by atoms with van der Waals surface area (Å²) < 4.78 is 1.18. The van der Waals surface area contributed by atoms with Crippen molar-refractivity contribution in [3.8, 4) is 0 Å². The Morgan fingerprint density at radius 3 is 1.67 bits per heavy atom. The highest BCUT2D eigenvalue weighted by Crippen LogP contribution is 2.32. The second kappa shape index (κ2) is 15.2. The Labute approximate surface area is 191 Å². The SMILES string of the molecule is CCB(CC)CCC[N+](CC)(CCC(B(CC)CC)B(CC)CC)c1ccccc1. The fourth-order valence-corrected chi connectivity index (χ4v) is 6.03. The van der Waals surface area contributed by atoms with E-state index in [2.05, 4.69) is 78.8 Å². The molecule has 1 nitrogen and oxygen atoms in total. The van der Waals surface area contributed by atoms with Crippen molar-refractivity contribution in [2.75, 3.05) is 19.6 Å². The summed E-state index contributed by atoms with van der Waals surface area (Å²) in [6.45, 7) is 23.3. The first-order valence-electron chi connectivity index (χ1n) is 13.5. The molecule has 0 heterocycles. The summed E-state index contributed by atoms with van der Waals surface area (Å²) >= 11 is 0. The van der Waals surface area contributed by atoms with Crippen LogP contribution in [0.2, 0.25) is 50.0 Å². The molecule has 0 aliphatic heterocycles. The topological polar surface area (TPSA) is 0 Å². The molecule has 1 rings (SSSR count). The first-order chi connectivity index (χ1) is 14.5. The number of hydrogen-bond donors (Lipinski definition) is 0. The van der Waals surface area contributed by atoms with Crippen LogP contribution in [0.4, 0.5) is 5.69 Å². The molecule has 0 fully saturated rings. The second-order valence-electron chi connectivity index (χ2n) is 9.67. The molecule has 0 saturated heterocycles. The van der Waals surface area contributed by atoms with Gasteiger partial charge in [0.05, 0.1) is 19.6 Å². The van der Waals surface area contributed by atoms with Crippen molar-refractivity contribution < 1.29 is 0 Å². The van der Waals surface area contributed by atoms with Gasteiger partial charge in [-0.1, -0.05) is 110 Å². The lowest BCUT2D eigenvalue weighted by Gasteiger charge is -2.40. The van der Waals surface area contributed by atoms with Crippen LogP contribution in [0, 0.1) is 0 Å². The molecule has 4 heteroatoms. The zero-order valence-corrected chi connectivity index (χ0v) is 21.6. The van der Waals surface area contributed by atoms with Gasteiger partial charge in [0, 0.05) is 0 Å². The zero-order chi connectivity index (χ0) is 22.4. The van der Waals surface area contributed by atoms with E-state index < -0.39 is 0 Å². The predicted octanol–water partition coefficient (Wildman–Crippen LogP) is 8.31. The lowest BCUT2D eigenvalue weighted by atomic mass is 9.18. The van der Waals surface area contributed by atoms with Gasteiger partial charge in [0.2, 0.25) is 0 Å². The highest BCUT2D eigenvalue weighted by molar-refractivity contribution is 6.79. The summed E-state index contributed by atoms with van der Waals surface area (Å²) in [6.07, 6.45) is 12.1. The van der Waals surface area contributed by atoms with Crippen molar-refractivity contribution in [3.63, 3.8) is 0 Å². The molecular formula is C26H51B3N+. The molecule has 0 spiro atoms. The molecular weight excluding hydrogens is 359 g/mol. The normalized spacial score (nSPS) is 13.3. The predicted molar refractivity (Wildman–Crippen MR) is 146 cm³/mol. The third-order valence-corrected chi connectivity index (χ3v) is 8.46. The van der Waals surface area contributed by atoms with Crippen molar-refractivity contribution in [1.82, 2.24) is 4.48 Å². The number of hydrogen-bond acceptors (Lipinski definition) is 0. The molecule has 1 aromatic carbocycles. The fraction of sp³-hybridized carbons (Fsp3) is 0.769. The van der Waals surface area contributed by atoms with Crippen LogP contribution in [0.1, 0.15) is 61.3 Å². The molecule has 0 N–H and O–H groups in total. The van der Waals surface area contributed by atoms with E-state index in [1.165, 1.54) is 86.9 Å². The zero-order valence-electron chi connectivity index (χ0n) is 21.6. The highest BCUT2D eigenvalue weighted by Gasteiger charge is 2.35. The molecule has 0 bridgehead atoms. The Morgan fingerprint density at radius 2 is 1.23 bits per heavy atom. The monoisotopic (exact) mass is 410 g/mol. The number of rotatable bonds is 17. The van der Waals surface area contributed by atoms with Gasteiger partial charge in [-0.15, -0.1) is 0 Å². The van der Waals surface area contributed by atoms with Gasteiger partial charge in [0.25, 0.3) is 0 Å². The molecule has 1 aromatic rings. The summed E-state index contributed by atoms with van der Waals surface area (Å²) in [5, 5.41) is 0. The first-order valence-corrected chi connectivity index (χ1v) is 13.5. The van der Waals surface area contributed by atoms with Gasteiger partial charge in [-0.3, -0.25) is 4.48 Å². The van der Waals surface area contributed by atoms with Crippen molar-refractivity contribution >= 4 is 25.8 Å². The van der Waals surface area contributed by atoms with Crippen LogP contribution < -0.4 is 4.48 Å². The van der Waals surface area contributed by atoms with Gasteiger partial charge in [-0.2, -0.15) is 0 Å². The van der Waals surface area contributed by atoms with Crippen LogP contribution in [-0.2, 0) is 0 Å². The summed E-state index contributed by atoms with van der Waals surface area (Å²) in [7, 11) is 0. The van der Waals surface area contributed by atoms with E-state index in [-0.39, 0.29) is 0 Å². The number of para-hydroxylation sites is 1. The number of benzene rings is 1. The largest absolute Gasteiger partial charge is 0.291 e. The van der Waals surface area contributed by atoms with Gasteiger partial charge in [0.1, 0.15) is 25.8 Å². The Hall–Kier alpha value is -0.625. The van der Waals surface area contributed by atoms with Gasteiger partial charge in [-0.05, 0) is 31.9 Å². The number of quaternary nitrogens is 1. The quantitative estimate of drug-likeness (QED) is 0.179. The van der Waals surface area contributed by atoms with E-state index in [1.807, 2.05) is 0 Å². The molecule has 1 unspecified atom stereocenters. The van der Waals surface area contributed by atoms with E-state index in [4.69, 9.17) is 0 Å².